The van der Waals surface area contributed by atoms with E-state index in [0.717, 1.165) is 5.56 Å². The average molecular weight is 315 g/mol. The number of carbonyl (C=O) groups is 3. The molecule has 1 aromatic heterocycles. The molecule has 0 N–H and O–H groups in total. The van der Waals surface area contributed by atoms with Gasteiger partial charge in [0.25, 0.3) is 5.91 Å². The maximum atomic E-state index is 12.9. The van der Waals surface area contributed by atoms with Crippen molar-refractivity contribution in [1.82, 2.24) is 4.90 Å². The zero-order chi connectivity index (χ0) is 16.6. The van der Waals surface area contributed by atoms with Crippen LogP contribution in [0.4, 0.5) is 4.39 Å². The van der Waals surface area contributed by atoms with Gasteiger partial charge in [0.1, 0.15) is 17.5 Å². The van der Waals surface area contributed by atoms with Gasteiger partial charge in [-0.3, -0.25) is 14.4 Å². The quantitative estimate of drug-likeness (QED) is 0.490. The van der Waals surface area contributed by atoms with Crippen LogP contribution in [0.1, 0.15) is 21.7 Å². The zero-order valence-corrected chi connectivity index (χ0v) is 12.4. The summed E-state index contributed by atoms with van der Waals surface area (Å²) in [6.07, 6.45) is 1.68. The largest absolute Gasteiger partial charge is 0.468 e. The van der Waals surface area contributed by atoms with Gasteiger partial charge in [-0.05, 0) is 23.8 Å². The topological polar surface area (TPSA) is 67.6 Å². The molecule has 0 bridgehead atoms. The van der Waals surface area contributed by atoms with Crippen molar-refractivity contribution in [3.63, 3.8) is 0 Å². The fraction of sp³-hybridized carbons (Fsp3) is 0.235. The third kappa shape index (κ3) is 2.79. The molecule has 3 rings (SSSR count). The molecule has 1 aliphatic heterocycles. The fourth-order valence-electron chi connectivity index (χ4n) is 2.65. The van der Waals surface area contributed by atoms with Gasteiger partial charge in [-0.15, -0.1) is 0 Å². The summed E-state index contributed by atoms with van der Waals surface area (Å²) in [7, 11) is 1.49. The number of rotatable bonds is 4. The Hall–Kier alpha value is -2.76. The van der Waals surface area contributed by atoms with E-state index in [-0.39, 0.29) is 17.9 Å². The molecule has 1 saturated heterocycles. The first-order valence-electron chi connectivity index (χ1n) is 7.11. The van der Waals surface area contributed by atoms with Crippen molar-refractivity contribution in [3.8, 4) is 0 Å². The van der Waals surface area contributed by atoms with Crippen LogP contribution in [0.3, 0.4) is 0 Å². The predicted octanol–water partition coefficient (Wildman–Crippen LogP) is 1.85. The third-order valence-corrected chi connectivity index (χ3v) is 3.94. The van der Waals surface area contributed by atoms with Gasteiger partial charge in [-0.2, -0.15) is 0 Å². The van der Waals surface area contributed by atoms with E-state index >= 15 is 0 Å². The Morgan fingerprint density at radius 3 is 2.57 bits per heavy atom. The highest BCUT2D eigenvalue weighted by Gasteiger charge is 2.42. The molecule has 6 heteroatoms. The van der Waals surface area contributed by atoms with E-state index < -0.39 is 23.4 Å². The molecule has 1 aromatic carbocycles. The second kappa shape index (κ2) is 5.79. The van der Waals surface area contributed by atoms with Crippen LogP contribution in [-0.4, -0.2) is 36.0 Å². The van der Waals surface area contributed by atoms with Crippen LogP contribution in [0.25, 0.3) is 0 Å². The van der Waals surface area contributed by atoms with Gasteiger partial charge in [0.05, 0.1) is 11.8 Å². The number of nitrogens with zero attached hydrogens (tertiary/aromatic N) is 1. The van der Waals surface area contributed by atoms with Crippen molar-refractivity contribution in [3.05, 3.63) is 59.3 Å². The molecule has 2 aromatic rings. The molecule has 0 spiro atoms. The Morgan fingerprint density at radius 2 is 1.96 bits per heavy atom. The molecule has 2 heterocycles. The van der Waals surface area contributed by atoms with Crippen LogP contribution >= 0.6 is 0 Å². The number of benzene rings is 1. The summed E-state index contributed by atoms with van der Waals surface area (Å²) in [5.41, 5.74) is 1.07. The number of likely N-dealkylation sites (N-methyl/N-ethyl adjacent to an activating group) is 1. The van der Waals surface area contributed by atoms with E-state index in [1.54, 1.807) is 12.1 Å². The number of amides is 1. The summed E-state index contributed by atoms with van der Waals surface area (Å²) in [6, 6.07) is 7.35. The second-order valence-electron chi connectivity index (χ2n) is 5.53. The van der Waals surface area contributed by atoms with Gasteiger partial charge in [0.2, 0.25) is 5.78 Å². The maximum absolute atomic E-state index is 12.9. The third-order valence-electron chi connectivity index (χ3n) is 3.94. The number of furan rings is 1. The molecule has 1 atom stereocenters. The van der Waals surface area contributed by atoms with Crippen molar-refractivity contribution in [2.24, 2.45) is 5.92 Å². The first-order chi connectivity index (χ1) is 11.0. The second-order valence-corrected chi connectivity index (χ2v) is 5.53. The van der Waals surface area contributed by atoms with Gasteiger partial charge in [0.15, 0.2) is 5.78 Å². The van der Waals surface area contributed by atoms with Crippen molar-refractivity contribution in [2.75, 3.05) is 13.6 Å². The molecule has 1 aliphatic rings. The summed E-state index contributed by atoms with van der Waals surface area (Å²) in [6.45, 7) is 0.0810. The van der Waals surface area contributed by atoms with E-state index in [1.165, 1.54) is 36.4 Å². The highest BCUT2D eigenvalue weighted by atomic mass is 19.1. The smallest absolute Gasteiger partial charge is 0.290 e. The number of hydrogen-bond donors (Lipinski definition) is 0. The van der Waals surface area contributed by atoms with Crippen LogP contribution in [0.5, 0.6) is 0 Å². The Bertz CT molecular complexity index is 778. The van der Waals surface area contributed by atoms with Crippen LogP contribution in [-0.2, 0) is 16.0 Å². The normalized spacial score (nSPS) is 17.8. The van der Waals surface area contributed by atoms with Gasteiger partial charge in [-0.25, -0.2) is 4.39 Å². The van der Waals surface area contributed by atoms with E-state index in [9.17, 15) is 18.8 Å². The van der Waals surface area contributed by atoms with E-state index in [4.69, 9.17) is 4.42 Å². The average Bonchev–Trinajstić information content (AvgIpc) is 3.09. The lowest BCUT2D eigenvalue weighted by Gasteiger charge is -2.08. The number of hydrogen-bond acceptors (Lipinski definition) is 4. The molecular formula is C17H14FNO4. The SMILES string of the molecule is CN1CC(C(=O)c2ccoc2Cc2ccc(F)cc2)C(=O)C1=O. The molecule has 118 valence electrons. The van der Waals surface area contributed by atoms with Crippen LogP contribution < -0.4 is 0 Å². The number of halogens is 1. The minimum absolute atomic E-state index is 0.0810. The van der Waals surface area contributed by atoms with Gasteiger partial charge < -0.3 is 9.32 Å². The Labute approximate surface area is 131 Å². The monoisotopic (exact) mass is 315 g/mol. The van der Waals surface area contributed by atoms with Crippen molar-refractivity contribution < 1.29 is 23.2 Å². The van der Waals surface area contributed by atoms with Gasteiger partial charge in [-0.1, -0.05) is 12.1 Å². The molecule has 1 fully saturated rings. The molecule has 5 nitrogen and oxygen atoms in total. The fourth-order valence-corrected chi connectivity index (χ4v) is 2.65. The Kier molecular flexibility index (Phi) is 3.82. The van der Waals surface area contributed by atoms with Crippen molar-refractivity contribution in [2.45, 2.75) is 6.42 Å². The summed E-state index contributed by atoms with van der Waals surface area (Å²) in [5.74, 6) is -2.69. The molecule has 0 aliphatic carbocycles. The highest BCUT2D eigenvalue weighted by molar-refractivity contribution is 6.43. The van der Waals surface area contributed by atoms with Crippen molar-refractivity contribution >= 4 is 17.5 Å². The van der Waals surface area contributed by atoms with Crippen LogP contribution in [0.15, 0.2) is 41.0 Å². The lowest BCUT2D eigenvalue weighted by Crippen LogP contribution is -2.24. The Morgan fingerprint density at radius 1 is 1.26 bits per heavy atom. The summed E-state index contributed by atoms with van der Waals surface area (Å²) >= 11 is 0. The molecule has 0 radical (unpaired) electrons. The van der Waals surface area contributed by atoms with E-state index in [1.807, 2.05) is 0 Å². The first-order valence-corrected chi connectivity index (χ1v) is 7.11. The number of Topliss-reactive ketones (excluding diaryl/α,β-unsaturated/α-hetero) is 2. The number of carbonyl (C=O) groups excluding carboxylic acids is 3. The molecular weight excluding hydrogens is 301 g/mol. The van der Waals surface area contributed by atoms with E-state index in [0.29, 0.717) is 12.2 Å². The van der Waals surface area contributed by atoms with Gasteiger partial charge in [0, 0.05) is 20.0 Å². The number of likely N-dealkylation sites (tertiary alicyclic amines) is 1. The minimum atomic E-state index is -0.989. The van der Waals surface area contributed by atoms with Crippen molar-refractivity contribution in [1.29, 1.82) is 0 Å². The lowest BCUT2D eigenvalue weighted by atomic mass is 9.94. The Balaban J connectivity index is 1.83. The highest BCUT2D eigenvalue weighted by Crippen LogP contribution is 2.23. The summed E-state index contributed by atoms with van der Waals surface area (Å²) in [5, 5.41) is 0. The molecule has 0 saturated carbocycles. The maximum Gasteiger partial charge on any atom is 0.290 e. The van der Waals surface area contributed by atoms with E-state index in [2.05, 4.69) is 0 Å². The van der Waals surface area contributed by atoms with Crippen LogP contribution in [0, 0.1) is 11.7 Å². The minimum Gasteiger partial charge on any atom is -0.468 e. The zero-order valence-electron chi connectivity index (χ0n) is 12.4. The standard InChI is InChI=1S/C17H14FNO4/c1-19-9-13(16(21)17(19)22)15(20)12-6-7-23-14(12)8-10-2-4-11(18)5-3-10/h2-7,13H,8-9H2,1H3. The number of ketones is 2. The predicted molar refractivity (Wildman–Crippen MR) is 78.4 cm³/mol. The molecule has 23 heavy (non-hydrogen) atoms. The summed E-state index contributed by atoms with van der Waals surface area (Å²) < 4.78 is 18.3. The lowest BCUT2D eigenvalue weighted by molar-refractivity contribution is -0.139. The summed E-state index contributed by atoms with van der Waals surface area (Å²) in [4.78, 5) is 37.2. The van der Waals surface area contributed by atoms with Gasteiger partial charge >= 0.3 is 0 Å². The molecule has 1 unspecified atom stereocenters. The van der Waals surface area contributed by atoms with Crippen LogP contribution in [0.2, 0.25) is 0 Å². The molecule has 1 amide bonds. The first kappa shape index (κ1) is 15.1.